The van der Waals surface area contributed by atoms with E-state index in [9.17, 15) is 14.7 Å². The quantitative estimate of drug-likeness (QED) is 0.133. The summed E-state index contributed by atoms with van der Waals surface area (Å²) in [5, 5.41) is 13.9. The molecule has 2 N–H and O–H groups in total. The molecule has 47 heavy (non-hydrogen) atoms. The van der Waals surface area contributed by atoms with Crippen molar-refractivity contribution in [2.24, 2.45) is 0 Å². The molecular formula is C41H58N2O4. The van der Waals surface area contributed by atoms with E-state index in [0.29, 0.717) is 6.61 Å². The van der Waals surface area contributed by atoms with E-state index < -0.39 is 5.97 Å². The van der Waals surface area contributed by atoms with Crippen molar-refractivity contribution < 1.29 is 19.4 Å². The van der Waals surface area contributed by atoms with E-state index in [0.717, 1.165) is 78.4 Å². The Morgan fingerprint density at radius 1 is 1.02 bits per heavy atom. The molecule has 2 aromatic rings. The summed E-state index contributed by atoms with van der Waals surface area (Å²) in [5.74, 6) is -0.309. The summed E-state index contributed by atoms with van der Waals surface area (Å²) in [6.07, 6.45) is 29.7. The van der Waals surface area contributed by atoms with Gasteiger partial charge in [-0.15, -0.1) is 0 Å². The second-order valence-electron chi connectivity index (χ2n) is 12.2. The van der Waals surface area contributed by atoms with E-state index >= 15 is 0 Å². The van der Waals surface area contributed by atoms with Gasteiger partial charge >= 0.3 is 5.97 Å². The molecule has 1 saturated carbocycles. The third-order valence-electron chi connectivity index (χ3n) is 8.16. The number of nitrogens with zero attached hydrogens (tertiary/aromatic N) is 1. The van der Waals surface area contributed by atoms with Crippen LogP contribution in [-0.2, 0) is 22.5 Å². The number of rotatable bonds is 17. The first-order valence-electron chi connectivity index (χ1n) is 17.6. The maximum absolute atomic E-state index is 13.3. The minimum absolute atomic E-state index is 0.0440. The van der Waals surface area contributed by atoms with Gasteiger partial charge < -0.3 is 19.7 Å². The molecule has 0 aliphatic heterocycles. The highest BCUT2D eigenvalue weighted by atomic mass is 16.5. The Morgan fingerprint density at radius 2 is 1.74 bits per heavy atom. The standard InChI is InChI=1S/C36H46N2O4.C5H12/c1-5-8-11-16-27(4)26-42-30(15-7-3)19-14-21-33-31(20-9-6-2)32-23-22-28(36(40)41)24-34(32)38(33)25-35(39)37-29-17-12-10-13-18-29;1-3-5-4-2/h5,7-8,11,14-16,19,21-24,29H,1,6,9-10,12-13,17-18,20,25-26H2,2-4H3,(H,37,39)(H,40,41);3-5H2,1-2H3/b11-8-,15-7-,21-14+,27-16+,30-19+;. The summed E-state index contributed by atoms with van der Waals surface area (Å²) in [4.78, 5) is 25.2. The Balaban J connectivity index is 0.00000142. The number of benzene rings is 1. The van der Waals surface area contributed by atoms with Gasteiger partial charge in [-0.25, -0.2) is 4.79 Å². The van der Waals surface area contributed by atoms with Crippen molar-refractivity contribution in [1.29, 1.82) is 0 Å². The lowest BCUT2D eigenvalue weighted by Gasteiger charge is -2.23. The lowest BCUT2D eigenvalue weighted by Crippen LogP contribution is -2.38. The van der Waals surface area contributed by atoms with Gasteiger partial charge in [-0.2, -0.15) is 0 Å². The molecule has 0 radical (unpaired) electrons. The van der Waals surface area contributed by atoms with Crippen LogP contribution >= 0.6 is 0 Å². The van der Waals surface area contributed by atoms with Gasteiger partial charge in [0.1, 0.15) is 18.9 Å². The third kappa shape index (κ3) is 13.7. The number of carboxylic acids is 1. The molecule has 1 aromatic heterocycles. The molecule has 0 spiro atoms. The monoisotopic (exact) mass is 642 g/mol. The summed E-state index contributed by atoms with van der Waals surface area (Å²) in [6, 6.07) is 5.43. The van der Waals surface area contributed by atoms with Gasteiger partial charge in [0.2, 0.25) is 5.91 Å². The number of carbonyl (C=O) groups is 2. The maximum atomic E-state index is 13.3. The third-order valence-corrected chi connectivity index (χ3v) is 8.16. The highest BCUT2D eigenvalue weighted by Gasteiger charge is 2.21. The van der Waals surface area contributed by atoms with Crippen LogP contribution < -0.4 is 5.32 Å². The summed E-state index contributed by atoms with van der Waals surface area (Å²) in [5.41, 5.74) is 4.09. The first kappa shape index (κ1) is 39.1. The Hall–Kier alpha value is -4.06. The van der Waals surface area contributed by atoms with Crippen LogP contribution in [0.15, 0.2) is 84.7 Å². The number of carbonyl (C=O) groups excluding carboxylic acids is 1. The minimum Gasteiger partial charge on any atom is -0.489 e. The van der Waals surface area contributed by atoms with E-state index in [1.165, 1.54) is 25.7 Å². The number of aromatic carboxylic acids is 1. The smallest absolute Gasteiger partial charge is 0.335 e. The number of carboxylic acid groups (broad SMARTS) is 1. The Bertz CT molecular complexity index is 1430. The van der Waals surface area contributed by atoms with Crippen LogP contribution in [0.25, 0.3) is 17.0 Å². The zero-order valence-electron chi connectivity index (χ0n) is 29.5. The van der Waals surface area contributed by atoms with Gasteiger partial charge in [-0.1, -0.05) is 115 Å². The van der Waals surface area contributed by atoms with Gasteiger partial charge in [0.25, 0.3) is 0 Å². The molecule has 0 atom stereocenters. The number of aromatic nitrogens is 1. The van der Waals surface area contributed by atoms with E-state index in [-0.39, 0.29) is 24.1 Å². The Labute approximate surface area is 283 Å². The van der Waals surface area contributed by atoms with E-state index in [1.54, 1.807) is 18.2 Å². The van der Waals surface area contributed by atoms with Crippen molar-refractivity contribution in [3.05, 3.63) is 102 Å². The fraction of sp³-hybridized carbons (Fsp3) is 0.463. The van der Waals surface area contributed by atoms with Crippen molar-refractivity contribution in [3.63, 3.8) is 0 Å². The van der Waals surface area contributed by atoms with Crippen molar-refractivity contribution in [3.8, 4) is 0 Å². The van der Waals surface area contributed by atoms with Crippen LogP contribution in [0.2, 0.25) is 0 Å². The zero-order chi connectivity index (χ0) is 34.4. The Kier molecular flexibility index (Phi) is 18.7. The van der Waals surface area contributed by atoms with Crippen LogP contribution in [0.3, 0.4) is 0 Å². The fourth-order valence-corrected chi connectivity index (χ4v) is 5.66. The number of aryl methyl sites for hydroxylation is 1. The van der Waals surface area contributed by atoms with Crippen LogP contribution in [0.1, 0.15) is 120 Å². The number of allylic oxidation sites excluding steroid dienone is 8. The summed E-state index contributed by atoms with van der Waals surface area (Å²) in [6.45, 7) is 14.8. The molecule has 256 valence electrons. The lowest BCUT2D eigenvalue weighted by molar-refractivity contribution is -0.122. The molecule has 1 aliphatic carbocycles. The SMILES string of the molecule is C=C/C=C\C=C(/C)COC(/C=C\C)=C/C=C/c1c(CCCC)c2ccc(C(=O)O)cc2n1CC(=O)NC1CCCCC1.CCCCC. The molecule has 3 rings (SSSR count). The summed E-state index contributed by atoms with van der Waals surface area (Å²) in [7, 11) is 0. The number of unbranched alkanes of at least 4 members (excludes halogenated alkanes) is 3. The average molecular weight is 643 g/mol. The first-order valence-corrected chi connectivity index (χ1v) is 17.6. The maximum Gasteiger partial charge on any atom is 0.335 e. The molecular weight excluding hydrogens is 584 g/mol. The average Bonchev–Trinajstić information content (AvgIpc) is 3.34. The molecule has 0 bridgehead atoms. The molecule has 1 aliphatic rings. The second kappa shape index (κ2) is 22.5. The zero-order valence-corrected chi connectivity index (χ0v) is 29.5. The van der Waals surface area contributed by atoms with Crippen molar-refractivity contribution >= 4 is 28.9 Å². The molecule has 1 fully saturated rings. The fourth-order valence-electron chi connectivity index (χ4n) is 5.66. The predicted molar refractivity (Wildman–Crippen MR) is 199 cm³/mol. The van der Waals surface area contributed by atoms with Crippen molar-refractivity contribution in [2.45, 2.75) is 118 Å². The van der Waals surface area contributed by atoms with Crippen LogP contribution in [0, 0.1) is 0 Å². The minimum atomic E-state index is -0.982. The van der Waals surface area contributed by atoms with Gasteiger partial charge in [-0.3, -0.25) is 4.79 Å². The van der Waals surface area contributed by atoms with Crippen molar-refractivity contribution in [1.82, 2.24) is 9.88 Å². The number of hydrogen-bond donors (Lipinski definition) is 2. The number of hydrogen-bond acceptors (Lipinski definition) is 3. The first-order chi connectivity index (χ1) is 22.8. The molecule has 1 amide bonds. The molecule has 0 saturated heterocycles. The second-order valence-corrected chi connectivity index (χ2v) is 12.2. The highest BCUT2D eigenvalue weighted by molar-refractivity contribution is 5.97. The topological polar surface area (TPSA) is 80.6 Å². The van der Waals surface area contributed by atoms with Gasteiger partial charge in [0.05, 0.1) is 11.1 Å². The highest BCUT2D eigenvalue weighted by Crippen LogP contribution is 2.30. The summed E-state index contributed by atoms with van der Waals surface area (Å²) >= 11 is 0. The van der Waals surface area contributed by atoms with Crippen LogP contribution in [0.4, 0.5) is 0 Å². The molecule has 6 heteroatoms. The van der Waals surface area contributed by atoms with E-state index in [2.05, 4.69) is 32.7 Å². The molecule has 6 nitrogen and oxygen atoms in total. The van der Waals surface area contributed by atoms with Gasteiger partial charge in [-0.05, 0) is 81.0 Å². The normalized spacial score (nSPS) is 14.6. The van der Waals surface area contributed by atoms with E-state index in [1.807, 2.05) is 73.1 Å². The van der Waals surface area contributed by atoms with E-state index in [4.69, 9.17) is 4.74 Å². The molecule has 1 aromatic carbocycles. The molecule has 0 unspecified atom stereocenters. The van der Waals surface area contributed by atoms with Crippen LogP contribution in [-0.4, -0.2) is 34.2 Å². The number of nitrogens with one attached hydrogen (secondary N) is 1. The number of fused-ring (bicyclic) bond motifs is 1. The lowest BCUT2D eigenvalue weighted by atomic mass is 9.95. The number of amides is 1. The predicted octanol–water partition coefficient (Wildman–Crippen LogP) is 10.5. The van der Waals surface area contributed by atoms with Gasteiger partial charge in [0, 0.05) is 17.1 Å². The Morgan fingerprint density at radius 3 is 2.36 bits per heavy atom. The summed E-state index contributed by atoms with van der Waals surface area (Å²) < 4.78 is 8.02. The van der Waals surface area contributed by atoms with Crippen molar-refractivity contribution in [2.75, 3.05) is 6.61 Å². The van der Waals surface area contributed by atoms with Gasteiger partial charge in [0.15, 0.2) is 0 Å². The molecule has 1 heterocycles. The van der Waals surface area contributed by atoms with Crippen LogP contribution in [0.5, 0.6) is 0 Å². The number of ether oxygens (including phenoxy) is 1. The largest absolute Gasteiger partial charge is 0.489 e.